The van der Waals surface area contributed by atoms with E-state index in [0.29, 0.717) is 0 Å². The molecular weight excluding hydrogens is 326 g/mol. The van der Waals surface area contributed by atoms with Gasteiger partial charge in [-0.1, -0.05) is 69.3 Å². The van der Waals surface area contributed by atoms with Crippen LogP contribution in [-0.4, -0.2) is 0 Å². The molecular formula is C26H23N. The van der Waals surface area contributed by atoms with Crippen molar-refractivity contribution in [1.82, 2.24) is 0 Å². The molecule has 0 aliphatic heterocycles. The molecule has 0 atom stereocenters. The maximum Gasteiger partial charge on any atom is 0.0393 e. The van der Waals surface area contributed by atoms with Crippen molar-refractivity contribution in [2.45, 2.75) is 26.2 Å². The topological polar surface area (TPSA) is 26.0 Å². The summed E-state index contributed by atoms with van der Waals surface area (Å²) < 4.78 is 0. The van der Waals surface area contributed by atoms with Crippen LogP contribution < -0.4 is 5.73 Å². The van der Waals surface area contributed by atoms with Crippen LogP contribution in [0.2, 0.25) is 0 Å². The van der Waals surface area contributed by atoms with Crippen LogP contribution in [0.25, 0.3) is 43.4 Å². The van der Waals surface area contributed by atoms with E-state index in [2.05, 4.69) is 87.5 Å². The van der Waals surface area contributed by atoms with E-state index in [4.69, 9.17) is 5.73 Å². The van der Waals surface area contributed by atoms with E-state index >= 15 is 0 Å². The van der Waals surface area contributed by atoms with Crippen molar-refractivity contribution in [2.24, 2.45) is 0 Å². The van der Waals surface area contributed by atoms with Crippen molar-refractivity contribution in [3.63, 3.8) is 0 Å². The highest BCUT2D eigenvalue weighted by molar-refractivity contribution is 6.23. The van der Waals surface area contributed by atoms with Gasteiger partial charge in [0.05, 0.1) is 0 Å². The monoisotopic (exact) mass is 349 g/mol. The number of benzene rings is 5. The zero-order chi connectivity index (χ0) is 18.8. The number of rotatable bonds is 1. The molecule has 0 spiro atoms. The average molecular weight is 349 g/mol. The summed E-state index contributed by atoms with van der Waals surface area (Å²) in [6.07, 6.45) is 0. The van der Waals surface area contributed by atoms with E-state index in [1.807, 2.05) is 6.07 Å². The lowest BCUT2D eigenvalue weighted by Crippen LogP contribution is -2.11. The third-order valence-corrected chi connectivity index (χ3v) is 5.69. The molecule has 0 bridgehead atoms. The third kappa shape index (κ3) is 2.46. The summed E-state index contributed by atoms with van der Waals surface area (Å²) in [5.74, 6) is 0. The molecule has 27 heavy (non-hydrogen) atoms. The van der Waals surface area contributed by atoms with Crippen LogP contribution in [0.3, 0.4) is 0 Å². The van der Waals surface area contributed by atoms with Gasteiger partial charge in [0.15, 0.2) is 0 Å². The van der Waals surface area contributed by atoms with Gasteiger partial charge < -0.3 is 5.73 Å². The Morgan fingerprint density at radius 3 is 1.78 bits per heavy atom. The van der Waals surface area contributed by atoms with Crippen LogP contribution >= 0.6 is 0 Å². The van der Waals surface area contributed by atoms with E-state index in [1.54, 1.807) is 0 Å². The normalized spacial score (nSPS) is 12.4. The Morgan fingerprint density at radius 1 is 0.630 bits per heavy atom. The second-order valence-corrected chi connectivity index (χ2v) is 8.56. The third-order valence-electron chi connectivity index (χ3n) is 5.69. The minimum Gasteiger partial charge on any atom is -0.398 e. The maximum atomic E-state index is 6.38. The van der Waals surface area contributed by atoms with Gasteiger partial charge in [-0.15, -0.1) is 0 Å². The first kappa shape index (κ1) is 16.1. The fourth-order valence-corrected chi connectivity index (χ4v) is 4.18. The molecule has 0 aliphatic carbocycles. The largest absolute Gasteiger partial charge is 0.398 e. The van der Waals surface area contributed by atoms with Gasteiger partial charge in [-0.3, -0.25) is 0 Å². The van der Waals surface area contributed by atoms with Crippen LogP contribution in [0, 0.1) is 0 Å². The Kier molecular flexibility index (Phi) is 3.27. The van der Waals surface area contributed by atoms with Gasteiger partial charge in [-0.2, -0.15) is 0 Å². The number of nitrogen functional groups attached to an aromatic ring is 1. The van der Waals surface area contributed by atoms with Gasteiger partial charge >= 0.3 is 0 Å². The Hall–Kier alpha value is -3.06. The predicted molar refractivity (Wildman–Crippen MR) is 119 cm³/mol. The lowest BCUT2D eigenvalue weighted by Gasteiger charge is -2.21. The zero-order valence-electron chi connectivity index (χ0n) is 16.0. The average Bonchev–Trinajstić information content (AvgIpc) is 2.65. The molecule has 2 N–H and O–H groups in total. The fraction of sp³-hybridized carbons (Fsp3) is 0.154. The molecule has 5 aromatic carbocycles. The van der Waals surface area contributed by atoms with Crippen LogP contribution in [0.4, 0.5) is 5.69 Å². The SMILES string of the molecule is CC(C)(C)c1ccc(N)c(-c2cc3ccc4cccc5ccc(c2)c3c45)c1. The summed E-state index contributed by atoms with van der Waals surface area (Å²) in [6.45, 7) is 6.72. The van der Waals surface area contributed by atoms with E-state index in [9.17, 15) is 0 Å². The summed E-state index contributed by atoms with van der Waals surface area (Å²) in [5, 5.41) is 7.84. The van der Waals surface area contributed by atoms with Gasteiger partial charge in [0.25, 0.3) is 0 Å². The molecule has 0 radical (unpaired) electrons. The van der Waals surface area contributed by atoms with Gasteiger partial charge in [-0.05, 0) is 73.1 Å². The second kappa shape index (κ2) is 5.47. The maximum absolute atomic E-state index is 6.38. The molecule has 0 saturated heterocycles. The molecule has 0 heterocycles. The summed E-state index contributed by atoms with van der Waals surface area (Å²) in [5.41, 5.74) is 10.9. The summed E-state index contributed by atoms with van der Waals surface area (Å²) in [4.78, 5) is 0. The first-order valence-electron chi connectivity index (χ1n) is 9.50. The Labute approximate surface area is 159 Å². The van der Waals surface area contributed by atoms with E-state index in [0.717, 1.165) is 11.3 Å². The van der Waals surface area contributed by atoms with Crippen molar-refractivity contribution in [2.75, 3.05) is 5.73 Å². The number of nitrogens with two attached hydrogens (primary N) is 1. The molecule has 0 fully saturated rings. The van der Waals surface area contributed by atoms with E-state index in [1.165, 1.54) is 43.4 Å². The summed E-state index contributed by atoms with van der Waals surface area (Å²) in [6, 6.07) is 26.4. The van der Waals surface area contributed by atoms with Gasteiger partial charge in [0.1, 0.15) is 0 Å². The van der Waals surface area contributed by atoms with E-state index in [-0.39, 0.29) is 5.41 Å². The molecule has 1 heteroatoms. The number of hydrogen-bond acceptors (Lipinski definition) is 1. The second-order valence-electron chi connectivity index (χ2n) is 8.56. The Balaban J connectivity index is 1.83. The van der Waals surface area contributed by atoms with Crippen LogP contribution in [0.5, 0.6) is 0 Å². The molecule has 5 aromatic rings. The van der Waals surface area contributed by atoms with Gasteiger partial charge in [0.2, 0.25) is 0 Å². The lowest BCUT2D eigenvalue weighted by atomic mass is 9.84. The summed E-state index contributed by atoms with van der Waals surface area (Å²) >= 11 is 0. The van der Waals surface area contributed by atoms with Crippen molar-refractivity contribution in [3.8, 4) is 11.1 Å². The van der Waals surface area contributed by atoms with E-state index < -0.39 is 0 Å². The molecule has 132 valence electrons. The molecule has 5 rings (SSSR count). The summed E-state index contributed by atoms with van der Waals surface area (Å²) in [7, 11) is 0. The minimum atomic E-state index is 0.0958. The quantitative estimate of drug-likeness (QED) is 0.253. The minimum absolute atomic E-state index is 0.0958. The molecule has 0 aromatic heterocycles. The van der Waals surface area contributed by atoms with Crippen LogP contribution in [0.15, 0.2) is 72.8 Å². The highest BCUT2D eigenvalue weighted by Crippen LogP contribution is 2.39. The van der Waals surface area contributed by atoms with Gasteiger partial charge in [-0.25, -0.2) is 0 Å². The smallest absolute Gasteiger partial charge is 0.0393 e. The first-order valence-corrected chi connectivity index (χ1v) is 9.50. The highest BCUT2D eigenvalue weighted by Gasteiger charge is 2.16. The van der Waals surface area contributed by atoms with Crippen molar-refractivity contribution < 1.29 is 0 Å². The van der Waals surface area contributed by atoms with Crippen molar-refractivity contribution >= 4 is 38.0 Å². The molecule has 0 aliphatic rings. The molecule has 1 nitrogen and oxygen atoms in total. The van der Waals surface area contributed by atoms with Crippen LogP contribution in [0.1, 0.15) is 26.3 Å². The zero-order valence-corrected chi connectivity index (χ0v) is 16.0. The molecule has 0 unspecified atom stereocenters. The fourth-order valence-electron chi connectivity index (χ4n) is 4.18. The Bertz CT molecular complexity index is 1240. The predicted octanol–water partition coefficient (Wildman–Crippen LogP) is 7.13. The highest BCUT2D eigenvalue weighted by atomic mass is 14.6. The standard InChI is InChI=1S/C26H23N/c1-26(2,3)21-11-12-23(27)22(15-21)20-13-18-9-7-16-5-4-6-17-8-10-19(14-20)25(18)24(16)17/h4-15H,27H2,1-3H3. The van der Waals surface area contributed by atoms with Gasteiger partial charge in [0, 0.05) is 11.3 Å². The lowest BCUT2D eigenvalue weighted by molar-refractivity contribution is 0.590. The number of anilines is 1. The first-order chi connectivity index (χ1) is 12.9. The number of hydrogen-bond donors (Lipinski definition) is 1. The van der Waals surface area contributed by atoms with Crippen LogP contribution in [-0.2, 0) is 5.41 Å². The van der Waals surface area contributed by atoms with Crippen molar-refractivity contribution in [1.29, 1.82) is 0 Å². The molecule has 0 saturated carbocycles. The van der Waals surface area contributed by atoms with Crippen molar-refractivity contribution in [3.05, 3.63) is 78.4 Å². The Morgan fingerprint density at radius 2 is 1.19 bits per heavy atom. The molecule has 0 amide bonds.